The van der Waals surface area contributed by atoms with Crippen molar-refractivity contribution in [3.05, 3.63) is 64.2 Å². The molecule has 2 aromatic carbocycles. The zero-order valence-corrected chi connectivity index (χ0v) is 19.3. The van der Waals surface area contributed by atoms with Crippen molar-refractivity contribution in [2.45, 2.75) is 25.7 Å². The third-order valence-corrected chi connectivity index (χ3v) is 7.25. The fraction of sp³-hybridized carbons (Fsp3) is 0.440. The third kappa shape index (κ3) is 4.98. The molecule has 2 saturated heterocycles. The molecule has 4 rings (SSSR count). The van der Waals surface area contributed by atoms with E-state index >= 15 is 0 Å². The summed E-state index contributed by atoms with van der Waals surface area (Å²) in [5, 5.41) is 0.379. The van der Waals surface area contributed by atoms with Gasteiger partial charge >= 0.3 is 5.97 Å². The largest absolute Gasteiger partial charge is 0.465 e. The first kappa shape index (κ1) is 23.5. The van der Waals surface area contributed by atoms with Crippen molar-refractivity contribution in [3.8, 4) is 0 Å². The van der Waals surface area contributed by atoms with Crippen LogP contribution in [0.25, 0.3) is 0 Å². The Morgan fingerprint density at radius 1 is 0.939 bits per heavy atom. The SMILES string of the molecule is COC(=O)c1ccc(N2CCC(C3CCN(C(=O)c4c(F)cccc4F)CC3)CC2)cc1Cl. The number of hydrogen-bond acceptors (Lipinski definition) is 4. The molecular weight excluding hydrogens is 450 g/mol. The molecule has 8 heteroatoms. The summed E-state index contributed by atoms with van der Waals surface area (Å²) in [5.74, 6) is -1.59. The number of hydrogen-bond donors (Lipinski definition) is 0. The Hall–Kier alpha value is -2.67. The van der Waals surface area contributed by atoms with Crippen molar-refractivity contribution in [2.24, 2.45) is 11.8 Å². The van der Waals surface area contributed by atoms with Crippen LogP contribution < -0.4 is 4.90 Å². The molecule has 176 valence electrons. The van der Waals surface area contributed by atoms with E-state index in [9.17, 15) is 18.4 Å². The molecule has 0 unspecified atom stereocenters. The summed E-state index contributed by atoms with van der Waals surface area (Å²) in [4.78, 5) is 28.2. The summed E-state index contributed by atoms with van der Waals surface area (Å²) >= 11 is 6.27. The highest BCUT2D eigenvalue weighted by Gasteiger charge is 2.32. The minimum absolute atomic E-state index is 0.356. The van der Waals surface area contributed by atoms with E-state index in [2.05, 4.69) is 4.90 Å². The Morgan fingerprint density at radius 3 is 2.06 bits per heavy atom. The number of nitrogens with zero attached hydrogens (tertiary/aromatic N) is 2. The second-order valence-electron chi connectivity index (χ2n) is 8.71. The molecule has 0 radical (unpaired) electrons. The first-order chi connectivity index (χ1) is 15.9. The van der Waals surface area contributed by atoms with Gasteiger partial charge in [-0.05, 0) is 67.9 Å². The smallest absolute Gasteiger partial charge is 0.339 e. The van der Waals surface area contributed by atoms with Crippen LogP contribution in [0.2, 0.25) is 5.02 Å². The van der Waals surface area contributed by atoms with Gasteiger partial charge in [-0.15, -0.1) is 0 Å². The number of likely N-dealkylation sites (tertiary alicyclic amines) is 1. The minimum atomic E-state index is -0.811. The number of methoxy groups -OCH3 is 1. The minimum Gasteiger partial charge on any atom is -0.465 e. The number of anilines is 1. The second-order valence-corrected chi connectivity index (χ2v) is 9.11. The number of esters is 1. The molecule has 0 aromatic heterocycles. The maximum Gasteiger partial charge on any atom is 0.339 e. The summed E-state index contributed by atoms with van der Waals surface area (Å²) in [6.07, 6.45) is 3.73. The van der Waals surface area contributed by atoms with Crippen molar-refractivity contribution >= 4 is 29.2 Å². The molecule has 5 nitrogen and oxygen atoms in total. The van der Waals surface area contributed by atoms with E-state index < -0.39 is 29.1 Å². The van der Waals surface area contributed by atoms with Crippen molar-refractivity contribution in [1.29, 1.82) is 0 Å². The Morgan fingerprint density at radius 2 is 1.52 bits per heavy atom. The van der Waals surface area contributed by atoms with Crippen molar-refractivity contribution in [3.63, 3.8) is 0 Å². The molecular formula is C25H27ClF2N2O3. The number of carbonyl (C=O) groups is 2. The number of halogens is 3. The Bertz CT molecular complexity index is 1010. The highest BCUT2D eigenvalue weighted by Crippen LogP contribution is 2.35. The lowest BCUT2D eigenvalue weighted by Gasteiger charge is -2.41. The maximum atomic E-state index is 14.0. The fourth-order valence-corrected chi connectivity index (χ4v) is 5.29. The predicted molar refractivity (Wildman–Crippen MR) is 123 cm³/mol. The molecule has 2 fully saturated rings. The van der Waals surface area contributed by atoms with Crippen molar-refractivity contribution in [1.82, 2.24) is 4.90 Å². The second kappa shape index (κ2) is 10.1. The highest BCUT2D eigenvalue weighted by atomic mass is 35.5. The molecule has 0 aliphatic carbocycles. The number of amides is 1. The van der Waals surface area contributed by atoms with Gasteiger partial charge in [0.05, 0.1) is 17.7 Å². The predicted octanol–water partition coefficient (Wildman–Crippen LogP) is 5.17. The van der Waals surface area contributed by atoms with Gasteiger partial charge in [0.1, 0.15) is 17.2 Å². The van der Waals surface area contributed by atoms with E-state index in [1.807, 2.05) is 6.07 Å². The molecule has 2 aliphatic heterocycles. The number of benzene rings is 2. The maximum absolute atomic E-state index is 14.0. The van der Waals surface area contributed by atoms with Crippen LogP contribution in [-0.4, -0.2) is 50.1 Å². The summed E-state index contributed by atoms with van der Waals surface area (Å²) in [6, 6.07) is 8.90. The van der Waals surface area contributed by atoms with Gasteiger partial charge in [0, 0.05) is 31.9 Å². The van der Waals surface area contributed by atoms with E-state index in [4.69, 9.17) is 16.3 Å². The Balaban J connectivity index is 1.30. The van der Waals surface area contributed by atoms with Gasteiger partial charge in [0.2, 0.25) is 0 Å². The molecule has 0 N–H and O–H groups in total. The molecule has 2 heterocycles. The third-order valence-electron chi connectivity index (χ3n) is 6.93. The summed E-state index contributed by atoms with van der Waals surface area (Å²) in [5.41, 5.74) is 0.883. The molecule has 33 heavy (non-hydrogen) atoms. The van der Waals surface area contributed by atoms with Crippen LogP contribution in [0.3, 0.4) is 0 Å². The number of rotatable bonds is 4. The lowest BCUT2D eigenvalue weighted by Crippen LogP contribution is -2.43. The van der Waals surface area contributed by atoms with Crippen LogP contribution >= 0.6 is 11.6 Å². The van der Waals surface area contributed by atoms with Crippen molar-refractivity contribution in [2.75, 3.05) is 38.2 Å². The average Bonchev–Trinajstić information content (AvgIpc) is 2.83. The van der Waals surface area contributed by atoms with Crippen LogP contribution in [0.15, 0.2) is 36.4 Å². The monoisotopic (exact) mass is 476 g/mol. The molecule has 2 aromatic rings. The average molecular weight is 477 g/mol. The zero-order valence-electron chi connectivity index (χ0n) is 18.5. The summed E-state index contributed by atoms with van der Waals surface area (Å²) in [6.45, 7) is 2.81. The standard InChI is InChI=1S/C25H27ClF2N2O3/c1-33-25(32)19-6-5-18(15-20(19)26)29-11-7-16(8-12-29)17-9-13-30(14-10-17)24(31)23-21(27)3-2-4-22(23)28/h2-6,15-17H,7-14H2,1H3. The van der Waals surface area contributed by atoms with Gasteiger partial charge in [0.25, 0.3) is 5.91 Å². The van der Waals surface area contributed by atoms with E-state index in [1.54, 1.807) is 17.0 Å². The van der Waals surface area contributed by atoms with Gasteiger partial charge in [-0.3, -0.25) is 4.79 Å². The Kier molecular flexibility index (Phi) is 7.17. The van der Waals surface area contributed by atoms with Gasteiger partial charge in [-0.25, -0.2) is 13.6 Å². The van der Waals surface area contributed by atoms with Gasteiger partial charge in [0.15, 0.2) is 0 Å². The van der Waals surface area contributed by atoms with Gasteiger partial charge < -0.3 is 14.5 Å². The first-order valence-electron chi connectivity index (χ1n) is 11.2. The first-order valence-corrected chi connectivity index (χ1v) is 11.6. The van der Waals surface area contributed by atoms with Gasteiger partial charge in [-0.1, -0.05) is 17.7 Å². The van der Waals surface area contributed by atoms with Crippen LogP contribution in [0.5, 0.6) is 0 Å². The van der Waals surface area contributed by atoms with Crippen LogP contribution in [0, 0.1) is 23.5 Å². The lowest BCUT2D eigenvalue weighted by molar-refractivity contribution is 0.0599. The number of ether oxygens (including phenoxy) is 1. The molecule has 0 spiro atoms. The highest BCUT2D eigenvalue weighted by molar-refractivity contribution is 6.33. The summed E-state index contributed by atoms with van der Waals surface area (Å²) in [7, 11) is 1.33. The van der Waals surface area contributed by atoms with Crippen molar-refractivity contribution < 1.29 is 23.1 Å². The molecule has 2 aliphatic rings. The fourth-order valence-electron chi connectivity index (χ4n) is 5.04. The topological polar surface area (TPSA) is 49.9 Å². The normalized spacial score (nSPS) is 17.8. The molecule has 0 atom stereocenters. The van der Waals surface area contributed by atoms with E-state index in [0.717, 1.165) is 56.6 Å². The van der Waals surface area contributed by atoms with E-state index in [-0.39, 0.29) is 0 Å². The molecule has 0 bridgehead atoms. The lowest BCUT2D eigenvalue weighted by atomic mass is 9.78. The quantitative estimate of drug-likeness (QED) is 0.571. The zero-order chi connectivity index (χ0) is 23.5. The van der Waals surface area contributed by atoms with E-state index in [0.29, 0.717) is 35.5 Å². The number of piperidine rings is 2. The van der Waals surface area contributed by atoms with Crippen LogP contribution in [-0.2, 0) is 4.74 Å². The van der Waals surface area contributed by atoms with E-state index in [1.165, 1.54) is 13.2 Å². The molecule has 0 saturated carbocycles. The van der Waals surface area contributed by atoms with Crippen LogP contribution in [0.1, 0.15) is 46.4 Å². The number of carbonyl (C=O) groups excluding carboxylic acids is 2. The van der Waals surface area contributed by atoms with Crippen LogP contribution in [0.4, 0.5) is 14.5 Å². The molecule has 1 amide bonds. The van der Waals surface area contributed by atoms with Gasteiger partial charge in [-0.2, -0.15) is 0 Å². The Labute approximate surface area is 197 Å². The summed E-state index contributed by atoms with van der Waals surface area (Å²) < 4.78 is 32.7.